The van der Waals surface area contributed by atoms with Crippen molar-refractivity contribution in [3.8, 4) is 11.5 Å². The van der Waals surface area contributed by atoms with E-state index in [1.807, 2.05) is 0 Å². The molecule has 0 radical (unpaired) electrons. The standard InChI is InChI=1S/C32H35F2N7O5.H2/c1-19(35)30(42)38-13-15-39(16-14-38)41-29(37-26-17-22(34)7-11-25(26)31(41)43)20(2)40(27-12-10-24(45-3)18-28(27)46-4)32(44)36-23-8-5-21(33)6-9-23;/h5-12,17-20H,13-16,35H2,1-4H3,(H,36,44);1H/t19-,20?;/m0./s1. The number of ether oxygens (including phenoxy) is 2. The number of hydrogen-bond acceptors (Lipinski definition) is 8. The molecule has 12 nitrogen and oxygen atoms in total. The molecule has 2 atom stereocenters. The molecule has 3 amide bonds. The van der Waals surface area contributed by atoms with E-state index in [4.69, 9.17) is 20.2 Å². The summed E-state index contributed by atoms with van der Waals surface area (Å²) in [7, 11) is 2.93. The van der Waals surface area contributed by atoms with Crippen LogP contribution in [0.1, 0.15) is 27.1 Å². The number of nitrogens with zero attached hydrogens (tertiary/aromatic N) is 5. The Morgan fingerprint density at radius 2 is 1.63 bits per heavy atom. The fourth-order valence-corrected chi connectivity index (χ4v) is 5.43. The molecule has 5 rings (SSSR count). The molecule has 1 unspecified atom stereocenters. The quantitative estimate of drug-likeness (QED) is 0.298. The predicted octanol–water partition coefficient (Wildman–Crippen LogP) is 3.87. The number of aromatic nitrogens is 2. The maximum Gasteiger partial charge on any atom is 0.327 e. The first-order valence-corrected chi connectivity index (χ1v) is 14.6. The Balaban J connectivity index is 0.00000500. The first kappa shape index (κ1) is 32.2. The van der Waals surface area contributed by atoms with Gasteiger partial charge in [0.1, 0.15) is 23.1 Å². The number of methoxy groups -OCH3 is 2. The van der Waals surface area contributed by atoms with E-state index in [0.29, 0.717) is 30.2 Å². The van der Waals surface area contributed by atoms with Crippen LogP contribution in [0.4, 0.5) is 25.0 Å². The van der Waals surface area contributed by atoms with Crippen LogP contribution in [-0.4, -0.2) is 72.9 Å². The van der Waals surface area contributed by atoms with Crippen LogP contribution in [0.15, 0.2) is 65.5 Å². The third kappa shape index (κ3) is 6.42. The molecule has 0 spiro atoms. The lowest BCUT2D eigenvalue weighted by Crippen LogP contribution is -2.58. The van der Waals surface area contributed by atoms with Gasteiger partial charge in [-0.15, -0.1) is 0 Å². The van der Waals surface area contributed by atoms with Crippen LogP contribution in [0.3, 0.4) is 0 Å². The molecule has 1 aliphatic rings. The Bertz CT molecular complexity index is 1810. The average molecular weight is 638 g/mol. The van der Waals surface area contributed by atoms with Gasteiger partial charge in [0.2, 0.25) is 5.91 Å². The molecule has 2 heterocycles. The van der Waals surface area contributed by atoms with Crippen LogP contribution >= 0.6 is 0 Å². The number of urea groups is 1. The van der Waals surface area contributed by atoms with Crippen molar-refractivity contribution >= 4 is 34.2 Å². The third-order valence-corrected chi connectivity index (χ3v) is 7.80. The number of amides is 3. The predicted molar refractivity (Wildman–Crippen MR) is 172 cm³/mol. The van der Waals surface area contributed by atoms with E-state index in [9.17, 15) is 23.2 Å². The summed E-state index contributed by atoms with van der Waals surface area (Å²) in [5.41, 5.74) is 6.07. The number of halogens is 2. The topological polar surface area (TPSA) is 135 Å². The second-order valence-corrected chi connectivity index (χ2v) is 10.8. The van der Waals surface area contributed by atoms with Crippen LogP contribution < -0.4 is 36.0 Å². The number of benzene rings is 3. The van der Waals surface area contributed by atoms with Crippen molar-refractivity contribution in [1.29, 1.82) is 0 Å². The molecule has 4 aromatic rings. The number of anilines is 2. The van der Waals surface area contributed by atoms with E-state index < -0.39 is 35.3 Å². The normalized spacial score (nSPS) is 14.5. The summed E-state index contributed by atoms with van der Waals surface area (Å²) in [5, 5.41) is 4.70. The van der Waals surface area contributed by atoms with E-state index in [-0.39, 0.29) is 42.9 Å². The number of carbonyl (C=O) groups excluding carboxylic acids is 2. The number of hydrogen-bond donors (Lipinski definition) is 2. The average Bonchev–Trinajstić information content (AvgIpc) is 3.05. The molecule has 1 saturated heterocycles. The summed E-state index contributed by atoms with van der Waals surface area (Å²) in [5.74, 6) is -0.377. The Hall–Kier alpha value is -5.24. The zero-order valence-electron chi connectivity index (χ0n) is 25.9. The van der Waals surface area contributed by atoms with Crippen molar-refractivity contribution in [2.75, 3.05) is 55.6 Å². The molecular formula is C32H37F2N7O5. The van der Waals surface area contributed by atoms with Gasteiger partial charge in [0, 0.05) is 32.3 Å². The van der Waals surface area contributed by atoms with Gasteiger partial charge < -0.3 is 30.4 Å². The number of nitrogens with two attached hydrogens (primary N) is 1. The summed E-state index contributed by atoms with van der Waals surface area (Å²) < 4.78 is 40.4. The Labute approximate surface area is 265 Å². The maximum atomic E-state index is 14.4. The highest BCUT2D eigenvalue weighted by molar-refractivity contribution is 6.03. The monoisotopic (exact) mass is 637 g/mol. The van der Waals surface area contributed by atoms with Crippen molar-refractivity contribution in [1.82, 2.24) is 14.6 Å². The Kier molecular flexibility index (Phi) is 9.37. The largest absolute Gasteiger partial charge is 0.497 e. The molecule has 244 valence electrons. The van der Waals surface area contributed by atoms with Crippen LogP contribution in [0.5, 0.6) is 11.5 Å². The Morgan fingerprint density at radius 3 is 2.26 bits per heavy atom. The highest BCUT2D eigenvalue weighted by atomic mass is 19.1. The van der Waals surface area contributed by atoms with Crippen molar-refractivity contribution in [2.45, 2.75) is 25.9 Å². The fraction of sp³-hybridized carbons (Fsp3) is 0.312. The van der Waals surface area contributed by atoms with Gasteiger partial charge >= 0.3 is 6.03 Å². The molecule has 14 heteroatoms. The van der Waals surface area contributed by atoms with Crippen molar-refractivity contribution in [3.63, 3.8) is 0 Å². The van der Waals surface area contributed by atoms with Crippen LogP contribution in [0, 0.1) is 11.6 Å². The minimum Gasteiger partial charge on any atom is -0.497 e. The minimum atomic E-state index is -0.966. The third-order valence-electron chi connectivity index (χ3n) is 7.80. The number of fused-ring (bicyclic) bond motifs is 1. The molecular weight excluding hydrogens is 600 g/mol. The van der Waals surface area contributed by atoms with Gasteiger partial charge in [-0.25, -0.2) is 23.2 Å². The summed E-state index contributed by atoms with van der Waals surface area (Å²) in [4.78, 5) is 48.5. The first-order chi connectivity index (χ1) is 22.0. The molecule has 1 aromatic heterocycles. The second kappa shape index (κ2) is 13.4. The molecule has 3 aromatic carbocycles. The van der Waals surface area contributed by atoms with Crippen molar-refractivity contribution < 1.29 is 29.3 Å². The van der Waals surface area contributed by atoms with Gasteiger partial charge in [-0.1, -0.05) is 0 Å². The molecule has 1 aliphatic heterocycles. The fourth-order valence-electron chi connectivity index (χ4n) is 5.43. The summed E-state index contributed by atoms with van der Waals surface area (Å²) >= 11 is 0. The van der Waals surface area contributed by atoms with Gasteiger partial charge in [-0.2, -0.15) is 0 Å². The number of carbonyl (C=O) groups is 2. The summed E-state index contributed by atoms with van der Waals surface area (Å²) in [6.07, 6.45) is 0. The molecule has 0 aliphatic carbocycles. The first-order valence-electron chi connectivity index (χ1n) is 14.6. The Morgan fingerprint density at radius 1 is 0.957 bits per heavy atom. The van der Waals surface area contributed by atoms with Crippen LogP contribution in [0.2, 0.25) is 0 Å². The van der Waals surface area contributed by atoms with Gasteiger partial charge in [0.25, 0.3) is 5.56 Å². The lowest BCUT2D eigenvalue weighted by molar-refractivity contribution is -0.132. The highest BCUT2D eigenvalue weighted by Crippen LogP contribution is 2.37. The van der Waals surface area contributed by atoms with Gasteiger partial charge in [-0.05, 0) is 62.4 Å². The SMILES string of the molecule is COc1ccc(N(C(=O)Nc2ccc(F)cc2)C(C)c2nc3cc(F)ccc3c(=O)n2N2CCN(C(=O)[C@H](C)N)CC2)c(OC)c1.[HH]. The zero-order chi connectivity index (χ0) is 33.1. The van der Waals surface area contributed by atoms with Crippen LogP contribution in [0.25, 0.3) is 10.9 Å². The lowest BCUT2D eigenvalue weighted by atomic mass is 10.1. The number of nitrogens with one attached hydrogen (secondary N) is 1. The molecule has 0 bridgehead atoms. The van der Waals surface area contributed by atoms with E-state index in [0.717, 1.165) is 6.07 Å². The van der Waals surface area contributed by atoms with E-state index in [1.54, 1.807) is 42.0 Å². The second-order valence-electron chi connectivity index (χ2n) is 10.8. The molecule has 0 saturated carbocycles. The molecule has 46 heavy (non-hydrogen) atoms. The number of piperazine rings is 1. The number of rotatable bonds is 8. The van der Waals surface area contributed by atoms with E-state index >= 15 is 0 Å². The zero-order valence-corrected chi connectivity index (χ0v) is 25.9. The van der Waals surface area contributed by atoms with Crippen molar-refractivity contribution in [3.05, 3.63) is 88.5 Å². The summed E-state index contributed by atoms with van der Waals surface area (Å²) in [6, 6.07) is 11.6. The van der Waals surface area contributed by atoms with Gasteiger partial charge in [0.15, 0.2) is 5.82 Å². The summed E-state index contributed by atoms with van der Waals surface area (Å²) in [6.45, 7) is 4.41. The molecule has 3 N–H and O–H groups in total. The minimum absolute atomic E-state index is 0. The smallest absolute Gasteiger partial charge is 0.327 e. The van der Waals surface area contributed by atoms with Crippen molar-refractivity contribution in [2.24, 2.45) is 5.73 Å². The highest BCUT2D eigenvalue weighted by Gasteiger charge is 2.33. The van der Waals surface area contributed by atoms with Gasteiger partial charge in [0.05, 0.1) is 56.0 Å². The van der Waals surface area contributed by atoms with E-state index in [1.165, 1.54) is 60.2 Å². The van der Waals surface area contributed by atoms with Crippen LogP contribution in [-0.2, 0) is 4.79 Å². The lowest BCUT2D eigenvalue weighted by Gasteiger charge is -2.39. The van der Waals surface area contributed by atoms with E-state index in [2.05, 4.69) is 5.32 Å². The van der Waals surface area contributed by atoms with Gasteiger partial charge in [-0.3, -0.25) is 14.5 Å². The maximum absolute atomic E-state index is 14.4. The molecule has 1 fully saturated rings.